The van der Waals surface area contributed by atoms with Gasteiger partial charge in [0.05, 0.1) is 11.9 Å². The van der Waals surface area contributed by atoms with Crippen LogP contribution >= 0.6 is 23.2 Å². The summed E-state index contributed by atoms with van der Waals surface area (Å²) in [6.07, 6.45) is 6.91. The van der Waals surface area contributed by atoms with Gasteiger partial charge in [-0.2, -0.15) is 0 Å². The lowest BCUT2D eigenvalue weighted by molar-refractivity contribution is 0.0654. The first kappa shape index (κ1) is 21.8. The third-order valence-corrected chi connectivity index (χ3v) is 6.33. The number of phenolic OH excluding ortho intramolecular Hbond substituents is 1. The minimum atomic E-state index is -1.22. The molecule has 0 spiro atoms. The van der Waals surface area contributed by atoms with E-state index in [0.717, 1.165) is 23.2 Å². The Morgan fingerprint density at radius 3 is 2.18 bits per heavy atom. The van der Waals surface area contributed by atoms with Gasteiger partial charge in [-0.25, -0.2) is 4.39 Å². The Morgan fingerprint density at radius 2 is 1.68 bits per heavy atom. The monoisotopic (exact) mass is 428 g/mol. The van der Waals surface area contributed by atoms with Crippen molar-refractivity contribution in [3.8, 4) is 5.75 Å². The van der Waals surface area contributed by atoms with Crippen molar-refractivity contribution < 1.29 is 14.2 Å². The zero-order valence-corrected chi connectivity index (χ0v) is 18.3. The maximum absolute atomic E-state index is 13.9. The van der Waals surface area contributed by atoms with Crippen molar-refractivity contribution in [2.24, 2.45) is 23.7 Å². The van der Waals surface area contributed by atoms with Gasteiger partial charge in [-0.05, 0) is 87.3 Å². The lowest BCUT2D eigenvalue weighted by Gasteiger charge is -2.51. The van der Waals surface area contributed by atoms with Gasteiger partial charge in [0.1, 0.15) is 17.2 Å². The molecule has 156 valence electrons. The quantitative estimate of drug-likeness (QED) is 0.398. The zero-order chi connectivity index (χ0) is 20.3. The molecule has 0 heterocycles. The van der Waals surface area contributed by atoms with E-state index >= 15 is 0 Å². The second-order valence-corrected chi connectivity index (χ2v) is 9.87. The highest BCUT2D eigenvalue weighted by Gasteiger charge is 2.46. The molecule has 4 fully saturated rings. The molecule has 5 rings (SSSR count). The maximum Gasteiger partial charge on any atom is 0.126 e. The van der Waals surface area contributed by atoms with Gasteiger partial charge in [-0.1, -0.05) is 12.1 Å². The molecule has 1 N–H and O–H groups in total. The van der Waals surface area contributed by atoms with E-state index in [-0.39, 0.29) is 11.1 Å². The standard InChI is InChI=1S/C22H29FO2.CH2Cl2/c1-22(2,23)6-7-25-21(16-4-3-5-19(24)13-16)20-17-9-14-8-15(11-17)12-18(20)10-14;2-1-3/h3-5,13-15,17-18,24H,6-12H2,1-2H3;1H2. The Balaban J connectivity index is 0.000000706. The number of hydrogen-bond donors (Lipinski definition) is 1. The van der Waals surface area contributed by atoms with Crippen LogP contribution in [0, 0.1) is 23.7 Å². The highest BCUT2D eigenvalue weighted by molar-refractivity contribution is 6.40. The van der Waals surface area contributed by atoms with Crippen molar-refractivity contribution in [2.75, 3.05) is 11.9 Å². The van der Waals surface area contributed by atoms with E-state index < -0.39 is 5.67 Å². The van der Waals surface area contributed by atoms with Crippen molar-refractivity contribution in [2.45, 2.75) is 58.0 Å². The molecule has 0 amide bonds. The average molecular weight is 429 g/mol. The number of alkyl halides is 3. The second kappa shape index (κ2) is 9.26. The molecule has 1 aromatic carbocycles. The van der Waals surface area contributed by atoms with Crippen LogP contribution < -0.4 is 0 Å². The first-order chi connectivity index (χ1) is 13.3. The molecular weight excluding hydrogens is 398 g/mol. The average Bonchev–Trinajstić information content (AvgIpc) is 2.59. The van der Waals surface area contributed by atoms with Gasteiger partial charge in [-0.3, -0.25) is 0 Å². The van der Waals surface area contributed by atoms with Crippen LogP contribution in [-0.4, -0.2) is 22.7 Å². The molecule has 5 heteroatoms. The first-order valence-electron chi connectivity index (χ1n) is 10.3. The summed E-state index contributed by atoms with van der Waals surface area (Å²) in [5, 5.41) is 10.1. The lowest BCUT2D eigenvalue weighted by Crippen LogP contribution is -2.41. The van der Waals surface area contributed by atoms with E-state index in [9.17, 15) is 9.50 Å². The van der Waals surface area contributed by atoms with Crippen molar-refractivity contribution in [1.29, 1.82) is 0 Å². The molecule has 4 aliphatic carbocycles. The largest absolute Gasteiger partial charge is 0.508 e. The lowest BCUT2D eigenvalue weighted by atomic mass is 9.54. The topological polar surface area (TPSA) is 29.5 Å². The molecular formula is C23H31Cl2FO2. The third-order valence-electron chi connectivity index (χ3n) is 6.33. The number of halogens is 3. The first-order valence-corrected chi connectivity index (χ1v) is 11.3. The molecule has 4 bridgehead atoms. The van der Waals surface area contributed by atoms with Crippen LogP contribution in [0.4, 0.5) is 4.39 Å². The predicted octanol–water partition coefficient (Wildman–Crippen LogP) is 7.14. The normalized spacial score (nSPS) is 28.0. The van der Waals surface area contributed by atoms with Crippen molar-refractivity contribution >= 4 is 29.0 Å². The number of allylic oxidation sites excluding steroid dienone is 1. The Kier molecular flexibility index (Phi) is 7.20. The molecule has 0 saturated heterocycles. The van der Waals surface area contributed by atoms with Gasteiger partial charge in [0, 0.05) is 12.0 Å². The molecule has 0 atom stereocenters. The number of ether oxygens (including phenoxy) is 1. The van der Waals surface area contributed by atoms with E-state index in [1.807, 2.05) is 12.1 Å². The summed E-state index contributed by atoms with van der Waals surface area (Å²) in [6.45, 7) is 3.57. The minimum Gasteiger partial charge on any atom is -0.508 e. The Labute approximate surface area is 178 Å². The van der Waals surface area contributed by atoms with E-state index in [2.05, 4.69) is 0 Å². The summed E-state index contributed by atoms with van der Waals surface area (Å²) in [7, 11) is 0. The summed E-state index contributed by atoms with van der Waals surface area (Å²) in [6, 6.07) is 7.35. The SMILES string of the molecule is CC(C)(F)CCOC(=C1C2CC3CC(C2)CC1C3)c1cccc(O)c1.ClCCl. The van der Waals surface area contributed by atoms with Gasteiger partial charge in [0.15, 0.2) is 0 Å². The van der Waals surface area contributed by atoms with Crippen LogP contribution in [0.5, 0.6) is 5.75 Å². The molecule has 4 saturated carbocycles. The van der Waals surface area contributed by atoms with Crippen molar-refractivity contribution in [1.82, 2.24) is 0 Å². The summed E-state index contributed by atoms with van der Waals surface area (Å²) in [5.41, 5.74) is 1.17. The fourth-order valence-electron chi connectivity index (χ4n) is 5.44. The smallest absolute Gasteiger partial charge is 0.126 e. The number of phenols is 1. The van der Waals surface area contributed by atoms with Gasteiger partial charge in [0.25, 0.3) is 0 Å². The Hall–Kier alpha value is -0.930. The van der Waals surface area contributed by atoms with Crippen LogP contribution in [0.2, 0.25) is 0 Å². The van der Waals surface area contributed by atoms with E-state index in [1.54, 1.807) is 26.0 Å². The second-order valence-electron chi connectivity index (χ2n) is 9.06. The molecule has 0 unspecified atom stereocenters. The predicted molar refractivity (Wildman–Crippen MR) is 114 cm³/mol. The van der Waals surface area contributed by atoms with E-state index in [0.29, 0.717) is 24.9 Å². The molecule has 4 aliphatic rings. The minimum absolute atomic E-state index is 0.194. The third kappa shape index (κ3) is 5.36. The zero-order valence-electron chi connectivity index (χ0n) is 16.8. The van der Waals surface area contributed by atoms with Gasteiger partial charge < -0.3 is 9.84 Å². The highest BCUT2D eigenvalue weighted by Crippen LogP contribution is 2.58. The van der Waals surface area contributed by atoms with Crippen molar-refractivity contribution in [3.63, 3.8) is 0 Å². The van der Waals surface area contributed by atoms with Gasteiger partial charge in [0.2, 0.25) is 0 Å². The van der Waals surface area contributed by atoms with Crippen LogP contribution in [0.15, 0.2) is 29.8 Å². The summed E-state index contributed by atoms with van der Waals surface area (Å²) in [4.78, 5) is 0. The number of benzene rings is 1. The van der Waals surface area contributed by atoms with Crippen LogP contribution in [0.3, 0.4) is 0 Å². The molecule has 0 aliphatic heterocycles. The Morgan fingerprint density at radius 1 is 1.11 bits per heavy atom. The maximum atomic E-state index is 13.9. The van der Waals surface area contributed by atoms with Crippen LogP contribution in [0.1, 0.15) is 57.9 Å². The van der Waals surface area contributed by atoms with Gasteiger partial charge >= 0.3 is 0 Å². The molecule has 28 heavy (non-hydrogen) atoms. The fourth-order valence-corrected chi connectivity index (χ4v) is 5.44. The highest BCUT2D eigenvalue weighted by atomic mass is 35.5. The Bertz CT molecular complexity index is 666. The molecule has 0 aromatic heterocycles. The van der Waals surface area contributed by atoms with Crippen LogP contribution in [0.25, 0.3) is 5.76 Å². The van der Waals surface area contributed by atoms with Crippen LogP contribution in [-0.2, 0) is 4.74 Å². The molecule has 1 aromatic rings. The number of hydrogen-bond acceptors (Lipinski definition) is 2. The van der Waals surface area contributed by atoms with E-state index in [4.69, 9.17) is 27.9 Å². The number of aromatic hydroxyl groups is 1. The molecule has 2 nitrogen and oxygen atoms in total. The molecule has 0 radical (unpaired) electrons. The summed E-state index contributed by atoms with van der Waals surface area (Å²) < 4.78 is 20.1. The fraction of sp³-hybridized carbons (Fsp3) is 0.652. The summed E-state index contributed by atoms with van der Waals surface area (Å²) in [5.74, 6) is 4.20. The van der Waals surface area contributed by atoms with Crippen molar-refractivity contribution in [3.05, 3.63) is 35.4 Å². The number of rotatable bonds is 5. The van der Waals surface area contributed by atoms with Gasteiger partial charge in [-0.15, -0.1) is 23.2 Å². The summed E-state index contributed by atoms with van der Waals surface area (Å²) >= 11 is 9.53. The van der Waals surface area contributed by atoms with E-state index in [1.165, 1.54) is 37.7 Å².